The molecule has 0 saturated heterocycles. The Labute approximate surface area is 118 Å². The number of rotatable bonds is 8. The molecular formula is C12H33BO2Si3. The van der Waals surface area contributed by atoms with Gasteiger partial charge in [0.15, 0.2) is 16.6 Å². The Morgan fingerprint density at radius 2 is 0.944 bits per heavy atom. The Morgan fingerprint density at radius 1 is 0.667 bits per heavy atom. The molecule has 0 rings (SSSR count). The van der Waals surface area contributed by atoms with Crippen LogP contribution in [-0.2, 0) is 8.69 Å². The van der Waals surface area contributed by atoms with Crippen LogP contribution in [0.5, 0.6) is 0 Å². The predicted octanol–water partition coefficient (Wildman–Crippen LogP) is 4.76. The summed E-state index contributed by atoms with van der Waals surface area (Å²) in [6.07, 6.45) is 0. The fourth-order valence-electron chi connectivity index (χ4n) is 2.17. The van der Waals surface area contributed by atoms with Gasteiger partial charge in [-0.25, -0.2) is 0 Å². The SMILES string of the molecule is CC[Si](CC)(CC)B(O[Si](C)(C)C)O[Si](C)(C)C. The molecule has 0 unspecified atom stereocenters. The third-order valence-electron chi connectivity index (χ3n) is 3.53. The van der Waals surface area contributed by atoms with Gasteiger partial charge in [-0.05, 0) is 39.3 Å². The highest BCUT2D eigenvalue weighted by Gasteiger charge is 2.47. The fourth-order valence-corrected chi connectivity index (χ4v) is 10.3. The zero-order valence-corrected chi connectivity index (χ0v) is 17.0. The van der Waals surface area contributed by atoms with E-state index >= 15 is 0 Å². The van der Waals surface area contributed by atoms with Crippen molar-refractivity contribution >= 4 is 31.3 Å². The first-order valence-electron chi connectivity index (χ1n) is 7.35. The summed E-state index contributed by atoms with van der Waals surface area (Å²) in [6, 6.07) is 3.79. The molecule has 0 amide bonds. The topological polar surface area (TPSA) is 18.5 Å². The predicted molar refractivity (Wildman–Crippen MR) is 91.8 cm³/mol. The first kappa shape index (κ1) is 18.6. The Morgan fingerprint density at radius 3 is 1.11 bits per heavy atom. The molecular weight excluding hydrogens is 271 g/mol. The van der Waals surface area contributed by atoms with Crippen LogP contribution in [0.1, 0.15) is 20.8 Å². The van der Waals surface area contributed by atoms with Crippen LogP contribution in [0.4, 0.5) is 0 Å². The summed E-state index contributed by atoms with van der Waals surface area (Å²) in [7, 11) is -4.53. The summed E-state index contributed by atoms with van der Waals surface area (Å²) < 4.78 is 12.9. The average Bonchev–Trinajstić information content (AvgIpc) is 2.16. The summed E-state index contributed by atoms with van der Waals surface area (Å²) >= 11 is 0. The van der Waals surface area contributed by atoms with Crippen molar-refractivity contribution in [3.05, 3.63) is 0 Å². The molecule has 0 aromatic heterocycles. The molecule has 0 saturated carbocycles. The summed E-state index contributed by atoms with van der Waals surface area (Å²) in [5, 5.41) is 0. The summed E-state index contributed by atoms with van der Waals surface area (Å²) in [5.74, 6) is 0. The van der Waals surface area contributed by atoms with Gasteiger partial charge in [-0.3, -0.25) is 0 Å². The third kappa shape index (κ3) is 6.19. The first-order valence-corrected chi connectivity index (χ1v) is 16.9. The Balaban J connectivity index is 5.17. The number of hydrogen-bond acceptors (Lipinski definition) is 2. The van der Waals surface area contributed by atoms with Gasteiger partial charge >= 0.3 is 6.71 Å². The van der Waals surface area contributed by atoms with Crippen molar-refractivity contribution in [3.8, 4) is 0 Å². The lowest BCUT2D eigenvalue weighted by atomic mass is 10.4. The Hall–Kier alpha value is 0.636. The van der Waals surface area contributed by atoms with E-state index in [4.69, 9.17) is 8.69 Å². The molecule has 2 nitrogen and oxygen atoms in total. The van der Waals surface area contributed by atoms with Crippen LogP contribution in [0.25, 0.3) is 0 Å². The van der Waals surface area contributed by atoms with Gasteiger partial charge in [0.05, 0.1) is 7.94 Å². The molecule has 0 radical (unpaired) electrons. The smallest absolute Gasteiger partial charge is 0.411 e. The zero-order chi connectivity index (χ0) is 14.6. The molecule has 0 aromatic carbocycles. The Kier molecular flexibility index (Phi) is 7.12. The van der Waals surface area contributed by atoms with Crippen molar-refractivity contribution in [3.63, 3.8) is 0 Å². The van der Waals surface area contributed by atoms with E-state index in [9.17, 15) is 0 Å². The minimum absolute atomic E-state index is 0.121. The van der Waals surface area contributed by atoms with Crippen molar-refractivity contribution in [2.75, 3.05) is 0 Å². The van der Waals surface area contributed by atoms with Crippen LogP contribution in [0, 0.1) is 0 Å². The van der Waals surface area contributed by atoms with E-state index in [1.54, 1.807) is 0 Å². The van der Waals surface area contributed by atoms with E-state index < -0.39 is 24.6 Å². The van der Waals surface area contributed by atoms with Gasteiger partial charge in [0.2, 0.25) is 0 Å². The maximum absolute atomic E-state index is 6.47. The van der Waals surface area contributed by atoms with Crippen molar-refractivity contribution in [1.82, 2.24) is 0 Å². The van der Waals surface area contributed by atoms with E-state index in [1.165, 1.54) is 18.1 Å². The molecule has 0 fully saturated rings. The average molecular weight is 304 g/mol. The number of hydrogen-bond donors (Lipinski definition) is 0. The molecule has 0 spiro atoms. The van der Waals surface area contributed by atoms with Crippen LogP contribution >= 0.6 is 0 Å². The molecule has 0 aliphatic carbocycles. The van der Waals surface area contributed by atoms with Crippen molar-refractivity contribution in [1.29, 1.82) is 0 Å². The van der Waals surface area contributed by atoms with Crippen LogP contribution in [-0.4, -0.2) is 31.3 Å². The minimum atomic E-state index is -1.55. The second kappa shape index (κ2) is 6.88. The lowest BCUT2D eigenvalue weighted by Crippen LogP contribution is -2.60. The third-order valence-corrected chi connectivity index (χ3v) is 11.3. The lowest BCUT2D eigenvalue weighted by molar-refractivity contribution is 0.439. The second-order valence-electron chi connectivity index (χ2n) is 7.22. The summed E-state index contributed by atoms with van der Waals surface area (Å²) in [4.78, 5) is 0. The van der Waals surface area contributed by atoms with Gasteiger partial charge < -0.3 is 8.69 Å². The lowest BCUT2D eigenvalue weighted by Gasteiger charge is -2.39. The highest BCUT2D eigenvalue weighted by molar-refractivity contribution is 7.31. The van der Waals surface area contributed by atoms with Crippen LogP contribution in [0.15, 0.2) is 0 Å². The summed E-state index contributed by atoms with van der Waals surface area (Å²) in [5.41, 5.74) is 0. The van der Waals surface area contributed by atoms with Gasteiger partial charge in [-0.15, -0.1) is 0 Å². The minimum Gasteiger partial charge on any atom is -0.457 e. The van der Waals surface area contributed by atoms with Gasteiger partial charge in [0, 0.05) is 0 Å². The van der Waals surface area contributed by atoms with Crippen molar-refractivity contribution in [2.45, 2.75) is 78.2 Å². The summed E-state index contributed by atoms with van der Waals surface area (Å²) in [6.45, 7) is 20.7. The molecule has 0 aliphatic rings. The molecule has 0 bridgehead atoms. The maximum Gasteiger partial charge on any atom is 0.411 e. The zero-order valence-electron chi connectivity index (χ0n) is 14.0. The highest BCUT2D eigenvalue weighted by atomic mass is 28.4. The van der Waals surface area contributed by atoms with Gasteiger partial charge in [-0.1, -0.05) is 38.9 Å². The fraction of sp³-hybridized carbons (Fsp3) is 1.00. The molecule has 108 valence electrons. The molecule has 0 N–H and O–H groups in total. The van der Waals surface area contributed by atoms with Gasteiger partial charge in [-0.2, -0.15) is 0 Å². The highest BCUT2D eigenvalue weighted by Crippen LogP contribution is 2.28. The Bertz CT molecular complexity index is 220. The van der Waals surface area contributed by atoms with Gasteiger partial charge in [0.25, 0.3) is 0 Å². The molecule has 0 aromatic rings. The molecule has 0 heterocycles. The second-order valence-corrected chi connectivity index (χ2v) is 21.5. The van der Waals surface area contributed by atoms with E-state index in [0.717, 1.165) is 0 Å². The van der Waals surface area contributed by atoms with Crippen LogP contribution < -0.4 is 0 Å². The largest absolute Gasteiger partial charge is 0.457 e. The van der Waals surface area contributed by atoms with E-state index in [1.807, 2.05) is 0 Å². The first-order chi connectivity index (χ1) is 7.99. The quantitative estimate of drug-likeness (QED) is 0.602. The van der Waals surface area contributed by atoms with E-state index in [-0.39, 0.29) is 6.71 Å². The van der Waals surface area contributed by atoms with Crippen LogP contribution in [0.2, 0.25) is 57.4 Å². The van der Waals surface area contributed by atoms with Gasteiger partial charge in [0.1, 0.15) is 0 Å². The van der Waals surface area contributed by atoms with Crippen LogP contribution in [0.3, 0.4) is 0 Å². The van der Waals surface area contributed by atoms with Crippen molar-refractivity contribution < 1.29 is 8.69 Å². The maximum atomic E-state index is 6.47. The molecule has 0 atom stereocenters. The van der Waals surface area contributed by atoms with E-state index in [2.05, 4.69) is 60.1 Å². The molecule has 6 heteroatoms. The monoisotopic (exact) mass is 304 g/mol. The normalized spacial score (nSPS) is 13.8. The van der Waals surface area contributed by atoms with E-state index in [0.29, 0.717) is 0 Å². The van der Waals surface area contributed by atoms with Crippen molar-refractivity contribution in [2.24, 2.45) is 0 Å². The molecule has 18 heavy (non-hydrogen) atoms. The standard InChI is InChI=1S/C12H33BO2Si3/c1-10-18(11-2,12-3)13(14-16(4,5)6)15-17(7,8)9/h10-12H2,1-9H3. The molecule has 0 aliphatic heterocycles.